The van der Waals surface area contributed by atoms with Crippen LogP contribution in [-0.4, -0.2) is 29.6 Å². The Morgan fingerprint density at radius 3 is 2.91 bits per heavy atom. The number of nitrogens with one attached hydrogen (secondary N) is 3. The number of benzene rings is 2. The summed E-state index contributed by atoms with van der Waals surface area (Å²) in [7, 11) is 3.53. The molecule has 1 unspecified atom stereocenters. The highest BCUT2D eigenvalue weighted by molar-refractivity contribution is 6.12. The molecule has 5 N–H and O–H groups in total. The summed E-state index contributed by atoms with van der Waals surface area (Å²) in [6, 6.07) is 14.1. The van der Waals surface area contributed by atoms with Gasteiger partial charge in [-0.25, -0.2) is 4.99 Å². The second kappa shape index (κ2) is 8.14. The number of aliphatic imine (C=N–C) groups is 1. The maximum atomic E-state index is 6.73. The predicted molar refractivity (Wildman–Crippen MR) is 126 cm³/mol. The van der Waals surface area contributed by atoms with Gasteiger partial charge in [-0.15, -0.1) is 0 Å². The van der Waals surface area contributed by atoms with E-state index in [1.165, 1.54) is 11.1 Å². The molecule has 8 heteroatoms. The number of aromatic nitrogens is 2. The first-order valence-corrected chi connectivity index (χ1v) is 10.6. The third-order valence-corrected chi connectivity index (χ3v) is 5.87. The fraction of sp³-hybridized carbons (Fsp3) is 0.250. The standard InChI is InChI=1S/C24H27N7O/c1-31-15-18(13-28-31)22-14-27-24(25,19-4-3-5-21(11-19)32-2)30-23(22)29-20-7-6-16-8-9-26-12-17(16)10-20/h3-7,10-11,13-15,26,29-30H,8-9,12,25H2,1-2H3. The summed E-state index contributed by atoms with van der Waals surface area (Å²) in [5.74, 6) is 0.350. The van der Waals surface area contributed by atoms with E-state index in [1.54, 1.807) is 18.0 Å². The van der Waals surface area contributed by atoms with Crippen LogP contribution in [0, 0.1) is 0 Å². The molecule has 3 heterocycles. The summed E-state index contributed by atoms with van der Waals surface area (Å²) in [5, 5.41) is 14.7. The third kappa shape index (κ3) is 3.86. The molecule has 0 saturated carbocycles. The Morgan fingerprint density at radius 2 is 2.09 bits per heavy atom. The molecule has 1 atom stereocenters. The molecule has 32 heavy (non-hydrogen) atoms. The molecule has 1 aromatic heterocycles. The van der Waals surface area contributed by atoms with Gasteiger partial charge >= 0.3 is 0 Å². The van der Waals surface area contributed by atoms with Crippen molar-refractivity contribution in [1.82, 2.24) is 20.4 Å². The molecule has 0 spiro atoms. The average Bonchev–Trinajstić information content (AvgIpc) is 3.25. The topological polar surface area (TPSA) is 102 Å². The number of hydrogen-bond donors (Lipinski definition) is 4. The molecular formula is C24H27N7O. The van der Waals surface area contributed by atoms with Crippen LogP contribution in [0.1, 0.15) is 22.3 Å². The van der Waals surface area contributed by atoms with Gasteiger partial charge in [-0.05, 0) is 48.4 Å². The highest BCUT2D eigenvalue weighted by Crippen LogP contribution is 2.30. The van der Waals surface area contributed by atoms with E-state index in [4.69, 9.17) is 10.5 Å². The van der Waals surface area contributed by atoms with Gasteiger partial charge in [0.1, 0.15) is 11.6 Å². The van der Waals surface area contributed by atoms with Crippen LogP contribution in [0.25, 0.3) is 5.57 Å². The van der Waals surface area contributed by atoms with Crippen LogP contribution in [0.2, 0.25) is 0 Å². The lowest BCUT2D eigenvalue weighted by Gasteiger charge is -2.34. The van der Waals surface area contributed by atoms with Gasteiger partial charge in [0, 0.05) is 48.4 Å². The van der Waals surface area contributed by atoms with E-state index in [9.17, 15) is 0 Å². The zero-order chi connectivity index (χ0) is 22.1. The Morgan fingerprint density at radius 1 is 1.19 bits per heavy atom. The first-order chi connectivity index (χ1) is 15.5. The maximum Gasteiger partial charge on any atom is 0.210 e. The molecule has 5 rings (SSSR count). The first-order valence-electron chi connectivity index (χ1n) is 10.6. The van der Waals surface area contributed by atoms with E-state index in [0.29, 0.717) is 0 Å². The van der Waals surface area contributed by atoms with Crippen LogP contribution in [0.5, 0.6) is 5.75 Å². The summed E-state index contributed by atoms with van der Waals surface area (Å²) >= 11 is 0. The highest BCUT2D eigenvalue weighted by atomic mass is 16.5. The van der Waals surface area contributed by atoms with E-state index in [0.717, 1.165) is 53.5 Å². The van der Waals surface area contributed by atoms with Crippen LogP contribution >= 0.6 is 0 Å². The quantitative estimate of drug-likeness (QED) is 0.497. The van der Waals surface area contributed by atoms with Gasteiger partial charge in [0.15, 0.2) is 0 Å². The number of methoxy groups -OCH3 is 1. The molecule has 0 radical (unpaired) electrons. The Kier molecular flexibility index (Phi) is 5.16. The number of anilines is 1. The molecule has 0 saturated heterocycles. The Hall–Kier alpha value is -3.62. The lowest BCUT2D eigenvalue weighted by Crippen LogP contribution is -2.51. The van der Waals surface area contributed by atoms with Crippen LogP contribution in [0.4, 0.5) is 5.69 Å². The first kappa shape index (κ1) is 20.3. The predicted octanol–water partition coefficient (Wildman–Crippen LogP) is 2.30. The monoisotopic (exact) mass is 429 g/mol. The van der Waals surface area contributed by atoms with Crippen LogP contribution < -0.4 is 26.4 Å². The highest BCUT2D eigenvalue weighted by Gasteiger charge is 2.32. The summed E-state index contributed by atoms with van der Waals surface area (Å²) in [6.07, 6.45) is 6.62. The van der Waals surface area contributed by atoms with Crippen molar-refractivity contribution in [1.29, 1.82) is 0 Å². The normalized spacial score (nSPS) is 20.0. The summed E-state index contributed by atoms with van der Waals surface area (Å²) in [4.78, 5) is 4.68. The third-order valence-electron chi connectivity index (χ3n) is 5.87. The Balaban J connectivity index is 1.53. The van der Waals surface area contributed by atoms with Crippen molar-refractivity contribution in [2.45, 2.75) is 18.8 Å². The average molecular weight is 430 g/mol. The van der Waals surface area contributed by atoms with Crippen LogP contribution in [0.3, 0.4) is 0 Å². The minimum atomic E-state index is -1.14. The Bertz CT molecular complexity index is 1210. The van der Waals surface area contributed by atoms with Crippen molar-refractivity contribution < 1.29 is 4.74 Å². The van der Waals surface area contributed by atoms with E-state index >= 15 is 0 Å². The fourth-order valence-electron chi connectivity index (χ4n) is 4.11. The lowest BCUT2D eigenvalue weighted by molar-refractivity contribution is 0.388. The largest absolute Gasteiger partial charge is 0.497 e. The molecule has 8 nitrogen and oxygen atoms in total. The van der Waals surface area contributed by atoms with Crippen LogP contribution in [-0.2, 0) is 25.8 Å². The van der Waals surface area contributed by atoms with Crippen molar-refractivity contribution in [3.8, 4) is 5.75 Å². The fourth-order valence-corrected chi connectivity index (χ4v) is 4.11. The molecule has 2 aliphatic heterocycles. The van der Waals surface area contributed by atoms with E-state index in [-0.39, 0.29) is 0 Å². The number of rotatable bonds is 5. The van der Waals surface area contributed by atoms with E-state index in [2.05, 4.69) is 44.2 Å². The second-order valence-corrected chi connectivity index (χ2v) is 8.11. The second-order valence-electron chi connectivity index (χ2n) is 8.11. The van der Waals surface area contributed by atoms with Crippen molar-refractivity contribution in [3.05, 3.63) is 82.9 Å². The van der Waals surface area contributed by atoms with Gasteiger partial charge in [0.05, 0.1) is 13.3 Å². The van der Waals surface area contributed by atoms with E-state index < -0.39 is 5.79 Å². The van der Waals surface area contributed by atoms with Gasteiger partial charge in [0.25, 0.3) is 0 Å². The number of ether oxygens (including phenoxy) is 1. The SMILES string of the molecule is COc1cccc(C2(N)N=CC(c3cnn(C)c3)=C(Nc3ccc4c(c3)CNCC4)N2)c1. The van der Waals surface area contributed by atoms with E-state index in [1.807, 2.05) is 43.7 Å². The molecule has 0 aliphatic carbocycles. The molecule has 2 aliphatic rings. The molecule has 0 bridgehead atoms. The molecular weight excluding hydrogens is 402 g/mol. The minimum Gasteiger partial charge on any atom is -0.497 e. The van der Waals surface area contributed by atoms with Crippen molar-refractivity contribution in [2.24, 2.45) is 17.8 Å². The molecule has 0 amide bonds. The zero-order valence-electron chi connectivity index (χ0n) is 18.2. The zero-order valence-corrected chi connectivity index (χ0v) is 18.2. The number of fused-ring (bicyclic) bond motifs is 1. The van der Waals surface area contributed by atoms with Gasteiger partial charge < -0.3 is 20.7 Å². The van der Waals surface area contributed by atoms with Gasteiger partial charge in [0.2, 0.25) is 5.79 Å². The summed E-state index contributed by atoms with van der Waals surface area (Å²) < 4.78 is 7.15. The molecule has 3 aromatic rings. The molecule has 2 aromatic carbocycles. The summed E-state index contributed by atoms with van der Waals surface area (Å²) in [5.41, 5.74) is 13.0. The Labute approximate surface area is 187 Å². The van der Waals surface area contributed by atoms with Gasteiger partial charge in [-0.2, -0.15) is 5.10 Å². The molecule has 0 fully saturated rings. The molecule has 164 valence electrons. The summed E-state index contributed by atoms with van der Waals surface area (Å²) in [6.45, 7) is 1.89. The minimum absolute atomic E-state index is 0.725. The number of nitrogens with two attached hydrogens (primary N) is 1. The number of allylic oxidation sites excluding steroid dienone is 1. The smallest absolute Gasteiger partial charge is 0.210 e. The van der Waals surface area contributed by atoms with Gasteiger partial charge in [-0.1, -0.05) is 18.2 Å². The number of hydrogen-bond acceptors (Lipinski definition) is 7. The van der Waals surface area contributed by atoms with Crippen LogP contribution in [0.15, 0.2) is 65.7 Å². The van der Waals surface area contributed by atoms with Crippen molar-refractivity contribution in [3.63, 3.8) is 0 Å². The lowest BCUT2D eigenvalue weighted by atomic mass is 10.00. The van der Waals surface area contributed by atoms with Gasteiger partial charge in [-0.3, -0.25) is 10.4 Å². The van der Waals surface area contributed by atoms with Crippen molar-refractivity contribution >= 4 is 17.5 Å². The van der Waals surface area contributed by atoms with Crippen molar-refractivity contribution in [2.75, 3.05) is 19.0 Å². The maximum absolute atomic E-state index is 6.73. The number of aryl methyl sites for hydroxylation is 1. The number of nitrogens with zero attached hydrogens (tertiary/aromatic N) is 3.